The zero-order chi connectivity index (χ0) is 14.5. The Labute approximate surface area is 118 Å². The SMILES string of the molecule is COc1ccc(C)cc1C(=O)NCc1ccccc1O. The maximum Gasteiger partial charge on any atom is 0.255 e. The Hall–Kier alpha value is -2.49. The van der Waals surface area contributed by atoms with Crippen molar-refractivity contribution < 1.29 is 14.6 Å². The fourth-order valence-corrected chi connectivity index (χ4v) is 1.93. The first-order valence-corrected chi connectivity index (χ1v) is 6.31. The van der Waals surface area contributed by atoms with Crippen LogP contribution in [0.15, 0.2) is 42.5 Å². The quantitative estimate of drug-likeness (QED) is 0.898. The van der Waals surface area contributed by atoms with E-state index in [1.807, 2.05) is 19.1 Å². The Morgan fingerprint density at radius 1 is 1.25 bits per heavy atom. The maximum atomic E-state index is 12.2. The van der Waals surface area contributed by atoms with Crippen LogP contribution < -0.4 is 10.1 Å². The van der Waals surface area contributed by atoms with E-state index in [4.69, 9.17) is 4.74 Å². The highest BCUT2D eigenvalue weighted by atomic mass is 16.5. The molecule has 0 aliphatic heterocycles. The molecule has 2 aromatic carbocycles. The summed E-state index contributed by atoms with van der Waals surface area (Å²) >= 11 is 0. The maximum absolute atomic E-state index is 12.2. The van der Waals surface area contributed by atoms with Gasteiger partial charge in [0, 0.05) is 12.1 Å². The minimum absolute atomic E-state index is 0.170. The van der Waals surface area contributed by atoms with Crippen LogP contribution in [0.2, 0.25) is 0 Å². The molecule has 1 amide bonds. The number of carbonyl (C=O) groups excluding carboxylic acids is 1. The first-order valence-electron chi connectivity index (χ1n) is 6.31. The number of aromatic hydroxyl groups is 1. The van der Waals surface area contributed by atoms with E-state index in [2.05, 4.69) is 5.32 Å². The van der Waals surface area contributed by atoms with Crippen LogP contribution in [0.1, 0.15) is 21.5 Å². The van der Waals surface area contributed by atoms with Gasteiger partial charge >= 0.3 is 0 Å². The van der Waals surface area contributed by atoms with Gasteiger partial charge in [-0.1, -0.05) is 29.8 Å². The monoisotopic (exact) mass is 271 g/mol. The minimum Gasteiger partial charge on any atom is -0.508 e. The van der Waals surface area contributed by atoms with Gasteiger partial charge in [-0.05, 0) is 25.1 Å². The van der Waals surface area contributed by atoms with Gasteiger partial charge in [-0.2, -0.15) is 0 Å². The van der Waals surface area contributed by atoms with Crippen molar-refractivity contribution in [3.05, 3.63) is 59.2 Å². The highest BCUT2D eigenvalue weighted by Gasteiger charge is 2.12. The van der Waals surface area contributed by atoms with Gasteiger partial charge in [-0.25, -0.2) is 0 Å². The van der Waals surface area contributed by atoms with Crippen LogP contribution in [0.5, 0.6) is 11.5 Å². The summed E-state index contributed by atoms with van der Waals surface area (Å²) in [7, 11) is 1.53. The van der Waals surface area contributed by atoms with Crippen LogP contribution >= 0.6 is 0 Å². The summed E-state index contributed by atoms with van der Waals surface area (Å²) in [5.74, 6) is 0.475. The third-order valence-electron chi connectivity index (χ3n) is 3.03. The molecule has 0 aliphatic rings. The Bertz CT molecular complexity index is 623. The molecule has 0 radical (unpaired) electrons. The van der Waals surface area contributed by atoms with Crippen molar-refractivity contribution in [2.75, 3.05) is 7.11 Å². The second-order valence-electron chi connectivity index (χ2n) is 4.52. The van der Waals surface area contributed by atoms with Gasteiger partial charge in [0.15, 0.2) is 0 Å². The molecule has 0 aromatic heterocycles. The Morgan fingerprint density at radius 3 is 2.70 bits per heavy atom. The molecule has 2 rings (SSSR count). The summed E-state index contributed by atoms with van der Waals surface area (Å²) in [6, 6.07) is 12.3. The first-order chi connectivity index (χ1) is 9.61. The molecule has 0 aliphatic carbocycles. The van der Waals surface area contributed by atoms with E-state index in [0.717, 1.165) is 5.56 Å². The second-order valence-corrected chi connectivity index (χ2v) is 4.52. The van der Waals surface area contributed by atoms with Gasteiger partial charge in [-0.3, -0.25) is 4.79 Å². The number of hydrogen-bond acceptors (Lipinski definition) is 3. The summed E-state index contributed by atoms with van der Waals surface area (Å²) < 4.78 is 5.19. The molecule has 4 nitrogen and oxygen atoms in total. The third-order valence-corrected chi connectivity index (χ3v) is 3.03. The van der Waals surface area contributed by atoms with Crippen LogP contribution in [0.25, 0.3) is 0 Å². The van der Waals surface area contributed by atoms with Crippen molar-refractivity contribution in [1.82, 2.24) is 5.32 Å². The lowest BCUT2D eigenvalue weighted by Gasteiger charge is -2.10. The standard InChI is InChI=1S/C16H17NO3/c1-11-7-8-15(20-2)13(9-11)16(19)17-10-12-5-3-4-6-14(12)18/h3-9,18H,10H2,1-2H3,(H,17,19). The van der Waals surface area contributed by atoms with E-state index in [9.17, 15) is 9.90 Å². The van der Waals surface area contributed by atoms with E-state index in [1.54, 1.807) is 30.3 Å². The van der Waals surface area contributed by atoms with Gasteiger partial charge in [0.05, 0.1) is 12.7 Å². The average Bonchev–Trinajstić information content (AvgIpc) is 2.46. The molecule has 104 valence electrons. The van der Waals surface area contributed by atoms with Crippen LogP contribution in [0.3, 0.4) is 0 Å². The summed E-state index contributed by atoms with van der Waals surface area (Å²) in [5, 5.41) is 12.4. The summed E-state index contributed by atoms with van der Waals surface area (Å²) in [4.78, 5) is 12.2. The molecule has 2 N–H and O–H groups in total. The average molecular weight is 271 g/mol. The fraction of sp³-hybridized carbons (Fsp3) is 0.188. The summed E-state index contributed by atoms with van der Waals surface area (Å²) in [6.07, 6.45) is 0. The van der Waals surface area contributed by atoms with Crippen molar-refractivity contribution in [3.63, 3.8) is 0 Å². The predicted molar refractivity (Wildman–Crippen MR) is 77.0 cm³/mol. The lowest BCUT2D eigenvalue weighted by atomic mass is 10.1. The summed E-state index contributed by atoms with van der Waals surface area (Å²) in [6.45, 7) is 2.18. The summed E-state index contributed by atoms with van der Waals surface area (Å²) in [5.41, 5.74) is 2.15. The number of phenols is 1. The van der Waals surface area contributed by atoms with E-state index in [0.29, 0.717) is 16.9 Å². The van der Waals surface area contributed by atoms with Crippen molar-refractivity contribution in [2.24, 2.45) is 0 Å². The third kappa shape index (κ3) is 3.09. The van der Waals surface area contributed by atoms with Gasteiger partial charge in [0.2, 0.25) is 0 Å². The van der Waals surface area contributed by atoms with Crippen LogP contribution in [0, 0.1) is 6.92 Å². The normalized spacial score (nSPS) is 10.1. The largest absolute Gasteiger partial charge is 0.508 e. The second kappa shape index (κ2) is 6.10. The minimum atomic E-state index is -0.228. The highest BCUT2D eigenvalue weighted by Crippen LogP contribution is 2.20. The number of ether oxygens (including phenoxy) is 1. The number of methoxy groups -OCH3 is 1. The number of hydrogen-bond donors (Lipinski definition) is 2. The molecule has 0 fully saturated rings. The van der Waals surface area contributed by atoms with Crippen molar-refractivity contribution >= 4 is 5.91 Å². The molecular weight excluding hydrogens is 254 g/mol. The first kappa shape index (κ1) is 13.9. The van der Waals surface area contributed by atoms with Crippen LogP contribution in [-0.4, -0.2) is 18.1 Å². The molecule has 0 atom stereocenters. The number of amides is 1. The van der Waals surface area contributed by atoms with Crippen molar-refractivity contribution in [3.8, 4) is 11.5 Å². The van der Waals surface area contributed by atoms with Gasteiger partial charge in [-0.15, -0.1) is 0 Å². The molecule has 4 heteroatoms. The number of carbonyl (C=O) groups is 1. The molecule has 0 unspecified atom stereocenters. The number of benzene rings is 2. The number of nitrogens with one attached hydrogen (secondary N) is 1. The number of para-hydroxylation sites is 1. The molecule has 0 heterocycles. The molecule has 0 bridgehead atoms. The number of rotatable bonds is 4. The zero-order valence-electron chi connectivity index (χ0n) is 11.5. The van der Waals surface area contributed by atoms with Crippen molar-refractivity contribution in [1.29, 1.82) is 0 Å². The van der Waals surface area contributed by atoms with Crippen LogP contribution in [0.4, 0.5) is 0 Å². The van der Waals surface area contributed by atoms with E-state index in [1.165, 1.54) is 7.11 Å². The van der Waals surface area contributed by atoms with E-state index in [-0.39, 0.29) is 18.2 Å². The molecule has 0 saturated heterocycles. The Kier molecular flexibility index (Phi) is 4.25. The Balaban J connectivity index is 2.13. The van der Waals surface area contributed by atoms with Crippen molar-refractivity contribution in [2.45, 2.75) is 13.5 Å². The molecule has 0 spiro atoms. The lowest BCUT2D eigenvalue weighted by molar-refractivity contribution is 0.0947. The smallest absolute Gasteiger partial charge is 0.255 e. The van der Waals surface area contributed by atoms with E-state index >= 15 is 0 Å². The number of phenolic OH excluding ortho intramolecular Hbond substituents is 1. The predicted octanol–water partition coefficient (Wildman–Crippen LogP) is 2.64. The van der Waals surface area contributed by atoms with Crippen LogP contribution in [-0.2, 0) is 6.54 Å². The Morgan fingerprint density at radius 2 is 2.00 bits per heavy atom. The van der Waals surface area contributed by atoms with Gasteiger partial charge < -0.3 is 15.2 Å². The molecule has 2 aromatic rings. The van der Waals surface area contributed by atoms with Gasteiger partial charge in [0.1, 0.15) is 11.5 Å². The van der Waals surface area contributed by atoms with E-state index < -0.39 is 0 Å². The van der Waals surface area contributed by atoms with Gasteiger partial charge in [0.25, 0.3) is 5.91 Å². The fourth-order valence-electron chi connectivity index (χ4n) is 1.93. The number of aryl methyl sites for hydroxylation is 1. The highest BCUT2D eigenvalue weighted by molar-refractivity contribution is 5.97. The molecular formula is C16H17NO3. The molecule has 20 heavy (non-hydrogen) atoms. The molecule has 0 saturated carbocycles. The topological polar surface area (TPSA) is 58.6 Å². The lowest BCUT2D eigenvalue weighted by Crippen LogP contribution is -2.23. The zero-order valence-corrected chi connectivity index (χ0v) is 11.5.